The number of hydrogen-bond donors (Lipinski definition) is 0. The number of methoxy groups -OCH3 is 1. The fourth-order valence-electron chi connectivity index (χ4n) is 1.14. The summed E-state index contributed by atoms with van der Waals surface area (Å²) >= 11 is 0. The Labute approximate surface area is 102 Å². The standard InChI is InChI=1S/C12H23NO2S/c1-7-9-10(8-2)11(15-6)13-16(14)12(3,4)5/h7,10H,1,8-9H2,2-6H3/b13-11-/t10-,16-/m1/s1. The summed E-state index contributed by atoms with van der Waals surface area (Å²) in [4.78, 5) is 0. The second-order valence-corrected chi connectivity index (χ2v) is 6.53. The summed E-state index contributed by atoms with van der Waals surface area (Å²) in [5.74, 6) is 0.740. The SMILES string of the molecule is C=CC[C@@H](CC)/C(=N/[S@](=O)C(C)(C)C)OC. The molecular weight excluding hydrogens is 222 g/mol. The normalized spacial score (nSPS) is 16.7. The maximum absolute atomic E-state index is 11.9. The first kappa shape index (κ1) is 15.4. The van der Waals surface area contributed by atoms with Crippen LogP contribution in [-0.4, -0.2) is 22.0 Å². The van der Waals surface area contributed by atoms with Gasteiger partial charge in [0.1, 0.15) is 11.0 Å². The molecule has 0 bridgehead atoms. The quantitative estimate of drug-likeness (QED) is 0.424. The van der Waals surface area contributed by atoms with Gasteiger partial charge in [0, 0.05) is 5.92 Å². The predicted molar refractivity (Wildman–Crippen MR) is 70.9 cm³/mol. The molecule has 0 aromatic rings. The van der Waals surface area contributed by atoms with Gasteiger partial charge in [-0.05, 0) is 33.6 Å². The zero-order valence-electron chi connectivity index (χ0n) is 10.9. The second-order valence-electron chi connectivity index (χ2n) is 4.62. The molecule has 0 heterocycles. The van der Waals surface area contributed by atoms with E-state index in [1.807, 2.05) is 26.8 Å². The molecule has 0 aliphatic heterocycles. The third-order valence-corrected chi connectivity index (χ3v) is 3.59. The van der Waals surface area contributed by atoms with E-state index in [1.165, 1.54) is 0 Å². The molecule has 0 aromatic heterocycles. The van der Waals surface area contributed by atoms with Crippen molar-refractivity contribution in [1.82, 2.24) is 0 Å². The molecule has 0 aliphatic rings. The Hall–Kier alpha value is -0.640. The van der Waals surface area contributed by atoms with E-state index in [4.69, 9.17) is 4.74 Å². The van der Waals surface area contributed by atoms with Crippen molar-refractivity contribution in [2.24, 2.45) is 10.3 Å². The van der Waals surface area contributed by atoms with Gasteiger partial charge in [-0.25, -0.2) is 4.21 Å². The summed E-state index contributed by atoms with van der Waals surface area (Å²) < 4.78 is 20.9. The van der Waals surface area contributed by atoms with Gasteiger partial charge in [0.25, 0.3) is 0 Å². The predicted octanol–water partition coefficient (Wildman–Crippen LogP) is 3.10. The smallest absolute Gasteiger partial charge is 0.200 e. The Bertz CT molecular complexity index is 279. The van der Waals surface area contributed by atoms with Crippen LogP contribution in [-0.2, 0) is 15.7 Å². The third kappa shape index (κ3) is 4.92. The van der Waals surface area contributed by atoms with Gasteiger partial charge in [-0.1, -0.05) is 13.0 Å². The molecule has 0 saturated heterocycles. The fourth-order valence-corrected chi connectivity index (χ4v) is 1.80. The fraction of sp³-hybridized carbons (Fsp3) is 0.750. The molecule has 4 heteroatoms. The van der Waals surface area contributed by atoms with Gasteiger partial charge >= 0.3 is 0 Å². The molecule has 16 heavy (non-hydrogen) atoms. The van der Waals surface area contributed by atoms with Crippen molar-refractivity contribution in [1.29, 1.82) is 0 Å². The van der Waals surface area contributed by atoms with Crippen molar-refractivity contribution in [3.05, 3.63) is 12.7 Å². The van der Waals surface area contributed by atoms with E-state index >= 15 is 0 Å². The van der Waals surface area contributed by atoms with Gasteiger partial charge in [0.2, 0.25) is 5.90 Å². The molecule has 2 atom stereocenters. The van der Waals surface area contributed by atoms with Crippen LogP contribution in [0.15, 0.2) is 17.1 Å². The van der Waals surface area contributed by atoms with E-state index in [0.717, 1.165) is 12.8 Å². The average molecular weight is 245 g/mol. The molecule has 0 rings (SSSR count). The van der Waals surface area contributed by atoms with Crippen LogP contribution >= 0.6 is 0 Å². The van der Waals surface area contributed by atoms with Crippen molar-refractivity contribution in [3.8, 4) is 0 Å². The molecule has 0 unspecified atom stereocenters. The van der Waals surface area contributed by atoms with Crippen LogP contribution < -0.4 is 0 Å². The lowest BCUT2D eigenvalue weighted by Crippen LogP contribution is -2.24. The minimum absolute atomic E-state index is 0.175. The topological polar surface area (TPSA) is 38.7 Å². The van der Waals surface area contributed by atoms with Crippen LogP contribution in [0.2, 0.25) is 0 Å². The van der Waals surface area contributed by atoms with E-state index in [2.05, 4.69) is 17.9 Å². The van der Waals surface area contributed by atoms with Crippen LogP contribution in [0.5, 0.6) is 0 Å². The molecule has 3 nitrogen and oxygen atoms in total. The maximum atomic E-state index is 11.9. The molecule has 0 N–H and O–H groups in total. The minimum Gasteiger partial charge on any atom is -0.483 e. The first-order valence-corrected chi connectivity index (χ1v) is 6.62. The molecule has 94 valence electrons. The Kier molecular flexibility index (Phi) is 6.56. The van der Waals surface area contributed by atoms with Gasteiger partial charge < -0.3 is 4.74 Å². The molecule has 0 fully saturated rings. The molecule has 0 amide bonds. The first-order valence-electron chi connectivity index (χ1n) is 5.52. The van der Waals surface area contributed by atoms with Crippen molar-refractivity contribution in [3.63, 3.8) is 0 Å². The van der Waals surface area contributed by atoms with Crippen LogP contribution in [0, 0.1) is 5.92 Å². The van der Waals surface area contributed by atoms with Crippen molar-refractivity contribution in [2.75, 3.05) is 7.11 Å². The van der Waals surface area contributed by atoms with E-state index < -0.39 is 11.0 Å². The van der Waals surface area contributed by atoms with E-state index in [1.54, 1.807) is 7.11 Å². The number of nitrogens with zero attached hydrogens (tertiary/aromatic N) is 1. The minimum atomic E-state index is -1.26. The highest BCUT2D eigenvalue weighted by Gasteiger charge is 2.22. The molecule has 0 saturated carbocycles. The first-order chi connectivity index (χ1) is 7.36. The summed E-state index contributed by atoms with van der Waals surface area (Å²) in [6, 6.07) is 0. The number of ether oxygens (including phenoxy) is 1. The lowest BCUT2D eigenvalue weighted by atomic mass is 10.0. The van der Waals surface area contributed by atoms with Gasteiger partial charge in [0.05, 0.1) is 11.9 Å². The highest BCUT2D eigenvalue weighted by atomic mass is 32.2. The lowest BCUT2D eigenvalue weighted by molar-refractivity contribution is 0.363. The monoisotopic (exact) mass is 245 g/mol. The summed E-state index contributed by atoms with van der Waals surface area (Å²) in [7, 11) is 0.309. The third-order valence-electron chi connectivity index (χ3n) is 2.20. The van der Waals surface area contributed by atoms with Gasteiger partial charge in [0.15, 0.2) is 0 Å². The molecule has 0 aliphatic carbocycles. The summed E-state index contributed by atoms with van der Waals surface area (Å²) in [6.07, 6.45) is 3.53. The molecule has 0 spiro atoms. The Morgan fingerprint density at radius 3 is 2.44 bits per heavy atom. The largest absolute Gasteiger partial charge is 0.483 e. The summed E-state index contributed by atoms with van der Waals surface area (Å²) in [5.41, 5.74) is 0. The van der Waals surface area contributed by atoms with Gasteiger partial charge in [-0.3, -0.25) is 0 Å². The number of hydrogen-bond acceptors (Lipinski definition) is 2. The van der Waals surface area contributed by atoms with Crippen LogP contribution in [0.25, 0.3) is 0 Å². The zero-order chi connectivity index (χ0) is 12.8. The molecular formula is C12H23NO2S. The highest BCUT2D eigenvalue weighted by molar-refractivity contribution is 7.85. The summed E-state index contributed by atoms with van der Waals surface area (Å²) in [6.45, 7) is 11.5. The van der Waals surface area contributed by atoms with Crippen LogP contribution in [0.1, 0.15) is 40.5 Å². The van der Waals surface area contributed by atoms with Gasteiger partial charge in [-0.2, -0.15) is 4.40 Å². The van der Waals surface area contributed by atoms with Crippen molar-refractivity contribution < 1.29 is 8.95 Å². The lowest BCUT2D eigenvalue weighted by Gasteiger charge is -2.18. The van der Waals surface area contributed by atoms with E-state index in [-0.39, 0.29) is 10.7 Å². The molecule has 0 aromatic carbocycles. The maximum Gasteiger partial charge on any atom is 0.200 e. The van der Waals surface area contributed by atoms with E-state index in [9.17, 15) is 4.21 Å². The van der Waals surface area contributed by atoms with Crippen LogP contribution in [0.4, 0.5) is 0 Å². The zero-order valence-corrected chi connectivity index (χ0v) is 11.8. The Balaban J connectivity index is 4.89. The highest BCUT2D eigenvalue weighted by Crippen LogP contribution is 2.17. The number of allylic oxidation sites excluding steroid dienone is 1. The second kappa shape index (κ2) is 6.84. The van der Waals surface area contributed by atoms with Crippen LogP contribution in [0.3, 0.4) is 0 Å². The van der Waals surface area contributed by atoms with Crippen molar-refractivity contribution in [2.45, 2.75) is 45.3 Å². The Morgan fingerprint density at radius 2 is 2.12 bits per heavy atom. The number of rotatable bonds is 5. The van der Waals surface area contributed by atoms with E-state index in [0.29, 0.717) is 5.90 Å². The molecule has 0 radical (unpaired) electrons. The van der Waals surface area contributed by atoms with Gasteiger partial charge in [-0.15, -0.1) is 6.58 Å². The average Bonchev–Trinajstić information content (AvgIpc) is 2.21. The summed E-state index contributed by atoms with van der Waals surface area (Å²) in [5, 5.41) is 0. The van der Waals surface area contributed by atoms with Crippen molar-refractivity contribution >= 4 is 16.9 Å². The Morgan fingerprint density at radius 1 is 1.56 bits per heavy atom.